The maximum absolute atomic E-state index is 9.32. The van der Waals surface area contributed by atoms with Crippen LogP contribution < -0.4 is 5.32 Å². The Bertz CT molecular complexity index is 284. The van der Waals surface area contributed by atoms with E-state index >= 15 is 0 Å². The summed E-state index contributed by atoms with van der Waals surface area (Å²) in [6, 6.07) is 2.73. The summed E-state index contributed by atoms with van der Waals surface area (Å²) in [7, 11) is 3.45. The summed E-state index contributed by atoms with van der Waals surface area (Å²) in [5.74, 6) is 0. The Kier molecular flexibility index (Phi) is 11.6. The SMILES string of the molecule is COCCN(CCCCC(C)(C#N)NC(C)C)CCOC. The second-order valence-electron chi connectivity index (χ2n) is 6.03. The molecular weight excluding hydrogens is 266 g/mol. The topological polar surface area (TPSA) is 57.5 Å². The lowest BCUT2D eigenvalue weighted by atomic mass is 9.95. The Morgan fingerprint density at radius 2 is 1.67 bits per heavy atom. The maximum atomic E-state index is 9.32. The van der Waals surface area contributed by atoms with Gasteiger partial charge in [0.25, 0.3) is 0 Å². The first-order valence-electron chi connectivity index (χ1n) is 7.86. The van der Waals surface area contributed by atoms with Crippen molar-refractivity contribution in [3.63, 3.8) is 0 Å². The molecule has 1 unspecified atom stereocenters. The quantitative estimate of drug-likeness (QED) is 0.527. The number of hydrogen-bond donors (Lipinski definition) is 1. The third-order valence-electron chi connectivity index (χ3n) is 3.48. The molecular formula is C16H33N3O2. The Labute approximate surface area is 130 Å². The van der Waals surface area contributed by atoms with Gasteiger partial charge in [-0.3, -0.25) is 10.2 Å². The highest BCUT2D eigenvalue weighted by Gasteiger charge is 2.23. The number of methoxy groups -OCH3 is 2. The number of rotatable bonds is 13. The zero-order valence-corrected chi connectivity index (χ0v) is 14.4. The molecule has 5 heteroatoms. The lowest BCUT2D eigenvalue weighted by molar-refractivity contribution is 0.112. The van der Waals surface area contributed by atoms with Crippen molar-refractivity contribution in [1.29, 1.82) is 5.26 Å². The van der Waals surface area contributed by atoms with Crippen molar-refractivity contribution in [1.82, 2.24) is 10.2 Å². The van der Waals surface area contributed by atoms with Crippen molar-refractivity contribution >= 4 is 0 Å². The van der Waals surface area contributed by atoms with Crippen LogP contribution in [0.5, 0.6) is 0 Å². The van der Waals surface area contributed by atoms with Crippen LogP contribution in [0.4, 0.5) is 0 Å². The van der Waals surface area contributed by atoms with Crippen LogP contribution >= 0.6 is 0 Å². The molecule has 0 radical (unpaired) electrons. The molecule has 1 N–H and O–H groups in total. The number of nitriles is 1. The minimum Gasteiger partial charge on any atom is -0.383 e. The van der Waals surface area contributed by atoms with Crippen molar-refractivity contribution in [2.45, 2.75) is 51.6 Å². The molecule has 0 saturated heterocycles. The van der Waals surface area contributed by atoms with Crippen LogP contribution in [0.15, 0.2) is 0 Å². The molecule has 0 rings (SSSR count). The van der Waals surface area contributed by atoms with E-state index in [2.05, 4.69) is 30.1 Å². The maximum Gasteiger partial charge on any atom is 0.104 e. The molecule has 0 fully saturated rings. The molecule has 0 aliphatic carbocycles. The third kappa shape index (κ3) is 10.7. The zero-order chi connectivity index (χ0) is 16.1. The highest BCUT2D eigenvalue weighted by molar-refractivity contribution is 5.04. The molecule has 1 atom stereocenters. The van der Waals surface area contributed by atoms with Gasteiger partial charge in [0.1, 0.15) is 5.54 Å². The molecule has 0 aromatic heterocycles. The van der Waals surface area contributed by atoms with Crippen molar-refractivity contribution < 1.29 is 9.47 Å². The molecule has 0 spiro atoms. The number of nitrogens with one attached hydrogen (secondary N) is 1. The first-order valence-corrected chi connectivity index (χ1v) is 7.86. The van der Waals surface area contributed by atoms with E-state index in [1.54, 1.807) is 14.2 Å². The highest BCUT2D eigenvalue weighted by atomic mass is 16.5. The van der Waals surface area contributed by atoms with Gasteiger partial charge >= 0.3 is 0 Å². The number of ether oxygens (including phenoxy) is 2. The zero-order valence-electron chi connectivity index (χ0n) is 14.4. The van der Waals surface area contributed by atoms with Crippen LogP contribution in [-0.4, -0.2) is 63.5 Å². The van der Waals surface area contributed by atoms with Gasteiger partial charge in [0, 0.05) is 33.4 Å². The van der Waals surface area contributed by atoms with Gasteiger partial charge in [0.05, 0.1) is 19.3 Å². The van der Waals surface area contributed by atoms with Crippen LogP contribution in [-0.2, 0) is 9.47 Å². The fraction of sp³-hybridized carbons (Fsp3) is 0.938. The largest absolute Gasteiger partial charge is 0.383 e. The Hall–Kier alpha value is -0.670. The fourth-order valence-electron chi connectivity index (χ4n) is 2.39. The van der Waals surface area contributed by atoms with E-state index in [0.29, 0.717) is 6.04 Å². The van der Waals surface area contributed by atoms with Gasteiger partial charge in [-0.1, -0.05) is 0 Å². The summed E-state index contributed by atoms with van der Waals surface area (Å²) >= 11 is 0. The highest BCUT2D eigenvalue weighted by Crippen LogP contribution is 2.14. The van der Waals surface area contributed by atoms with Crippen LogP contribution in [0, 0.1) is 11.3 Å². The van der Waals surface area contributed by atoms with E-state index in [9.17, 15) is 5.26 Å². The Balaban J connectivity index is 4.03. The minimum absolute atomic E-state index is 0.328. The van der Waals surface area contributed by atoms with Crippen molar-refractivity contribution in [2.75, 3.05) is 47.1 Å². The Morgan fingerprint density at radius 3 is 2.10 bits per heavy atom. The number of unbranched alkanes of at least 4 members (excludes halogenated alkanes) is 1. The first-order chi connectivity index (χ1) is 9.97. The molecule has 0 heterocycles. The molecule has 0 aliphatic heterocycles. The predicted molar refractivity (Wildman–Crippen MR) is 86.3 cm³/mol. The second kappa shape index (κ2) is 11.9. The van der Waals surface area contributed by atoms with E-state index in [0.717, 1.165) is 52.1 Å². The van der Waals surface area contributed by atoms with E-state index in [1.807, 2.05) is 6.92 Å². The lowest BCUT2D eigenvalue weighted by Crippen LogP contribution is -2.45. The average Bonchev–Trinajstić information content (AvgIpc) is 2.44. The first kappa shape index (κ1) is 20.3. The van der Waals surface area contributed by atoms with Crippen LogP contribution in [0.3, 0.4) is 0 Å². The lowest BCUT2D eigenvalue weighted by Gasteiger charge is -2.26. The van der Waals surface area contributed by atoms with Crippen molar-refractivity contribution in [3.8, 4) is 6.07 Å². The van der Waals surface area contributed by atoms with Gasteiger partial charge in [-0.25, -0.2) is 0 Å². The summed E-state index contributed by atoms with van der Waals surface area (Å²) in [6.07, 6.45) is 3.01. The number of nitrogens with zero attached hydrogens (tertiary/aromatic N) is 2. The monoisotopic (exact) mass is 299 g/mol. The van der Waals surface area contributed by atoms with Gasteiger partial charge in [0.15, 0.2) is 0 Å². The third-order valence-corrected chi connectivity index (χ3v) is 3.48. The normalized spacial score (nSPS) is 14.4. The second-order valence-corrected chi connectivity index (χ2v) is 6.03. The van der Waals surface area contributed by atoms with Gasteiger partial charge in [-0.2, -0.15) is 5.26 Å². The number of hydrogen-bond acceptors (Lipinski definition) is 5. The van der Waals surface area contributed by atoms with Crippen molar-refractivity contribution in [3.05, 3.63) is 0 Å². The molecule has 0 aliphatic rings. The van der Waals surface area contributed by atoms with E-state index in [1.165, 1.54) is 0 Å². The predicted octanol–water partition coefficient (Wildman–Crippen LogP) is 2.03. The summed E-state index contributed by atoms with van der Waals surface area (Å²) in [4.78, 5) is 2.35. The van der Waals surface area contributed by atoms with Gasteiger partial charge in [-0.05, 0) is 46.6 Å². The molecule has 21 heavy (non-hydrogen) atoms. The molecule has 5 nitrogen and oxygen atoms in total. The smallest absolute Gasteiger partial charge is 0.104 e. The van der Waals surface area contributed by atoms with Gasteiger partial charge < -0.3 is 9.47 Å². The van der Waals surface area contributed by atoms with Crippen LogP contribution in [0.25, 0.3) is 0 Å². The molecule has 0 amide bonds. The van der Waals surface area contributed by atoms with Crippen LogP contribution in [0.2, 0.25) is 0 Å². The molecule has 0 bridgehead atoms. The van der Waals surface area contributed by atoms with Crippen LogP contribution in [0.1, 0.15) is 40.0 Å². The minimum atomic E-state index is -0.419. The summed E-state index contributed by atoms with van der Waals surface area (Å²) in [5, 5.41) is 12.7. The molecule has 124 valence electrons. The average molecular weight is 299 g/mol. The molecule has 0 aromatic rings. The molecule has 0 saturated carbocycles. The van der Waals surface area contributed by atoms with Gasteiger partial charge in [-0.15, -0.1) is 0 Å². The van der Waals surface area contributed by atoms with Gasteiger partial charge in [0.2, 0.25) is 0 Å². The Morgan fingerprint density at radius 1 is 1.10 bits per heavy atom. The summed E-state index contributed by atoms with van der Waals surface area (Å²) in [5.41, 5.74) is -0.419. The summed E-state index contributed by atoms with van der Waals surface area (Å²) < 4.78 is 10.3. The molecule has 0 aromatic carbocycles. The summed E-state index contributed by atoms with van der Waals surface area (Å²) in [6.45, 7) is 10.5. The van der Waals surface area contributed by atoms with E-state index < -0.39 is 5.54 Å². The standard InChI is InChI=1S/C16H33N3O2/c1-15(2)18-16(3,14-17)8-6-7-9-19(10-12-20-4)11-13-21-5/h15,18H,6-13H2,1-5H3. The van der Waals surface area contributed by atoms with Crippen molar-refractivity contribution in [2.24, 2.45) is 0 Å². The fourth-order valence-corrected chi connectivity index (χ4v) is 2.39. The van der Waals surface area contributed by atoms with E-state index in [-0.39, 0.29) is 0 Å². The van der Waals surface area contributed by atoms with E-state index in [4.69, 9.17) is 9.47 Å².